The molecule has 0 N–H and O–H groups in total. The summed E-state index contributed by atoms with van der Waals surface area (Å²) in [6, 6.07) is 7.04. The Hall–Kier alpha value is -0.340. The van der Waals surface area contributed by atoms with E-state index in [2.05, 4.69) is 61.8 Å². The SMILES string of the molecule is CC(C)c1ccc(C(Br)CCC2CCCO2)c(C(C)C)c1. The summed E-state index contributed by atoms with van der Waals surface area (Å²) in [5, 5.41) is 0. The fraction of sp³-hybridized carbons (Fsp3) is 0.684. The maximum atomic E-state index is 5.75. The van der Waals surface area contributed by atoms with Gasteiger partial charge >= 0.3 is 0 Å². The van der Waals surface area contributed by atoms with Gasteiger partial charge in [-0.05, 0) is 54.2 Å². The van der Waals surface area contributed by atoms with Gasteiger partial charge in [-0.25, -0.2) is 0 Å². The second-order valence-electron chi connectivity index (χ2n) is 6.88. The van der Waals surface area contributed by atoms with Crippen LogP contribution in [0.1, 0.15) is 86.7 Å². The van der Waals surface area contributed by atoms with Gasteiger partial charge in [0.15, 0.2) is 0 Å². The molecule has 1 aromatic rings. The van der Waals surface area contributed by atoms with Crippen molar-refractivity contribution in [3.63, 3.8) is 0 Å². The van der Waals surface area contributed by atoms with Crippen molar-refractivity contribution in [3.05, 3.63) is 34.9 Å². The van der Waals surface area contributed by atoms with E-state index in [9.17, 15) is 0 Å². The Morgan fingerprint density at radius 1 is 1.14 bits per heavy atom. The Morgan fingerprint density at radius 3 is 2.48 bits per heavy atom. The smallest absolute Gasteiger partial charge is 0.0576 e. The van der Waals surface area contributed by atoms with Crippen LogP contribution >= 0.6 is 15.9 Å². The zero-order valence-electron chi connectivity index (χ0n) is 13.9. The van der Waals surface area contributed by atoms with E-state index in [-0.39, 0.29) is 0 Å². The Labute approximate surface area is 138 Å². The molecule has 0 aromatic heterocycles. The van der Waals surface area contributed by atoms with E-state index < -0.39 is 0 Å². The van der Waals surface area contributed by atoms with Gasteiger partial charge in [-0.2, -0.15) is 0 Å². The Balaban J connectivity index is 2.09. The van der Waals surface area contributed by atoms with Crippen LogP contribution in [0.2, 0.25) is 0 Å². The maximum Gasteiger partial charge on any atom is 0.0576 e. The summed E-state index contributed by atoms with van der Waals surface area (Å²) in [6.45, 7) is 10.1. The molecular weight excluding hydrogens is 324 g/mol. The summed E-state index contributed by atoms with van der Waals surface area (Å²) in [4.78, 5) is 0.445. The van der Waals surface area contributed by atoms with Crippen molar-refractivity contribution in [1.29, 1.82) is 0 Å². The Bertz CT molecular complexity index is 447. The first-order chi connectivity index (χ1) is 9.99. The van der Waals surface area contributed by atoms with E-state index in [0.717, 1.165) is 13.0 Å². The number of ether oxygens (including phenoxy) is 1. The zero-order chi connectivity index (χ0) is 15.4. The van der Waals surface area contributed by atoms with Crippen molar-refractivity contribution in [2.45, 2.75) is 76.1 Å². The van der Waals surface area contributed by atoms with Gasteiger partial charge in [0.1, 0.15) is 0 Å². The fourth-order valence-corrected chi connectivity index (χ4v) is 3.78. The van der Waals surface area contributed by atoms with Crippen molar-refractivity contribution in [2.24, 2.45) is 0 Å². The first-order valence-electron chi connectivity index (χ1n) is 8.38. The molecule has 2 rings (SSSR count). The number of alkyl halides is 1. The highest BCUT2D eigenvalue weighted by molar-refractivity contribution is 9.09. The van der Waals surface area contributed by atoms with Gasteiger partial charge in [0.2, 0.25) is 0 Å². The molecule has 0 spiro atoms. The van der Waals surface area contributed by atoms with Crippen molar-refractivity contribution < 1.29 is 4.74 Å². The highest BCUT2D eigenvalue weighted by atomic mass is 79.9. The van der Waals surface area contributed by atoms with Crippen LogP contribution in [0.5, 0.6) is 0 Å². The summed E-state index contributed by atoms with van der Waals surface area (Å²) in [5.41, 5.74) is 4.41. The van der Waals surface area contributed by atoms with Gasteiger partial charge in [-0.1, -0.05) is 61.8 Å². The monoisotopic (exact) mass is 352 g/mol. The lowest BCUT2D eigenvalue weighted by molar-refractivity contribution is 0.102. The van der Waals surface area contributed by atoms with Crippen LogP contribution in [0.4, 0.5) is 0 Å². The van der Waals surface area contributed by atoms with Crippen LogP contribution in [0, 0.1) is 0 Å². The molecule has 1 heterocycles. The van der Waals surface area contributed by atoms with Gasteiger partial charge in [0, 0.05) is 11.4 Å². The molecule has 1 nitrogen and oxygen atoms in total. The van der Waals surface area contributed by atoms with Gasteiger partial charge in [0.05, 0.1) is 6.10 Å². The molecule has 1 aliphatic rings. The van der Waals surface area contributed by atoms with Crippen LogP contribution in [0.15, 0.2) is 18.2 Å². The Kier molecular flexibility index (Phi) is 6.31. The highest BCUT2D eigenvalue weighted by Gasteiger charge is 2.20. The number of hydrogen-bond acceptors (Lipinski definition) is 1. The van der Waals surface area contributed by atoms with Crippen molar-refractivity contribution in [3.8, 4) is 0 Å². The van der Waals surface area contributed by atoms with Gasteiger partial charge < -0.3 is 4.74 Å². The molecule has 0 bridgehead atoms. The topological polar surface area (TPSA) is 9.23 Å². The summed E-state index contributed by atoms with van der Waals surface area (Å²) in [5.74, 6) is 1.17. The van der Waals surface area contributed by atoms with Crippen LogP contribution in [-0.4, -0.2) is 12.7 Å². The van der Waals surface area contributed by atoms with E-state index in [1.807, 2.05) is 0 Å². The predicted octanol–water partition coefficient (Wildman–Crippen LogP) is 6.33. The second-order valence-corrected chi connectivity index (χ2v) is 7.98. The van der Waals surface area contributed by atoms with Gasteiger partial charge in [0.25, 0.3) is 0 Å². The molecule has 1 aliphatic heterocycles. The van der Waals surface area contributed by atoms with Crippen LogP contribution in [0.25, 0.3) is 0 Å². The molecule has 0 saturated carbocycles. The first kappa shape index (κ1) is 17.0. The maximum absolute atomic E-state index is 5.75. The molecule has 0 radical (unpaired) electrons. The molecule has 1 fully saturated rings. The summed E-state index contributed by atoms with van der Waals surface area (Å²) in [6.07, 6.45) is 5.29. The van der Waals surface area contributed by atoms with E-state index in [1.54, 1.807) is 0 Å². The van der Waals surface area contributed by atoms with E-state index in [1.165, 1.54) is 36.0 Å². The number of halogens is 1. The zero-order valence-corrected chi connectivity index (χ0v) is 15.4. The van der Waals surface area contributed by atoms with E-state index >= 15 is 0 Å². The van der Waals surface area contributed by atoms with E-state index in [0.29, 0.717) is 22.8 Å². The van der Waals surface area contributed by atoms with Crippen molar-refractivity contribution >= 4 is 15.9 Å². The number of rotatable bonds is 6. The molecule has 118 valence electrons. The number of benzene rings is 1. The third-order valence-electron chi connectivity index (χ3n) is 4.50. The largest absolute Gasteiger partial charge is 0.378 e. The minimum atomic E-state index is 0.445. The molecule has 2 unspecified atom stereocenters. The minimum Gasteiger partial charge on any atom is -0.378 e. The average molecular weight is 353 g/mol. The standard InChI is InChI=1S/C19H29BrO/c1-13(2)15-7-9-17(18(12-15)14(3)4)19(20)10-8-16-6-5-11-21-16/h7,9,12-14,16,19H,5-6,8,10-11H2,1-4H3. The first-order valence-corrected chi connectivity index (χ1v) is 9.30. The third-order valence-corrected chi connectivity index (χ3v) is 5.45. The van der Waals surface area contributed by atoms with E-state index in [4.69, 9.17) is 4.74 Å². The third kappa shape index (κ3) is 4.56. The second kappa shape index (κ2) is 7.78. The predicted molar refractivity (Wildman–Crippen MR) is 94.5 cm³/mol. The molecule has 2 heteroatoms. The quantitative estimate of drug-likeness (QED) is 0.543. The summed E-state index contributed by atoms with van der Waals surface area (Å²) in [7, 11) is 0. The molecule has 0 aliphatic carbocycles. The van der Waals surface area contributed by atoms with Crippen molar-refractivity contribution in [2.75, 3.05) is 6.61 Å². The lowest BCUT2D eigenvalue weighted by Crippen LogP contribution is -2.07. The van der Waals surface area contributed by atoms with Crippen LogP contribution < -0.4 is 0 Å². The Morgan fingerprint density at radius 2 is 1.90 bits per heavy atom. The molecule has 1 aromatic carbocycles. The molecule has 21 heavy (non-hydrogen) atoms. The van der Waals surface area contributed by atoms with Gasteiger partial charge in [-0.3, -0.25) is 0 Å². The molecule has 0 amide bonds. The van der Waals surface area contributed by atoms with Crippen LogP contribution in [-0.2, 0) is 4.74 Å². The molecule has 2 atom stereocenters. The van der Waals surface area contributed by atoms with Crippen LogP contribution in [0.3, 0.4) is 0 Å². The fourth-order valence-electron chi connectivity index (χ4n) is 3.10. The summed E-state index contributed by atoms with van der Waals surface area (Å²) >= 11 is 3.92. The normalized spacial score (nSPS) is 20.4. The summed E-state index contributed by atoms with van der Waals surface area (Å²) < 4.78 is 5.75. The van der Waals surface area contributed by atoms with Crippen molar-refractivity contribution in [1.82, 2.24) is 0 Å². The lowest BCUT2D eigenvalue weighted by atomic mass is 9.89. The number of hydrogen-bond donors (Lipinski definition) is 0. The average Bonchev–Trinajstić information content (AvgIpc) is 2.97. The minimum absolute atomic E-state index is 0.445. The molecular formula is C19H29BrO. The lowest BCUT2D eigenvalue weighted by Gasteiger charge is -2.21. The highest BCUT2D eigenvalue weighted by Crippen LogP contribution is 2.36. The van der Waals surface area contributed by atoms with Gasteiger partial charge in [-0.15, -0.1) is 0 Å². The molecule has 1 saturated heterocycles.